The Morgan fingerprint density at radius 3 is 2.30 bits per heavy atom. The number of fused-ring (bicyclic) bond motifs is 5. The van der Waals surface area contributed by atoms with Crippen molar-refractivity contribution in [1.82, 2.24) is 0 Å². The second-order valence-corrected chi connectivity index (χ2v) is 8.66. The highest BCUT2D eigenvalue weighted by atomic mass is 35.5. The number of furan rings is 1. The molecule has 0 unspecified atom stereocenters. The fourth-order valence-electron chi connectivity index (χ4n) is 3.79. The minimum Gasteiger partial charge on any atom is -0.455 e. The summed E-state index contributed by atoms with van der Waals surface area (Å²) in [7, 11) is -0.497. The maximum atomic E-state index is 6.42. The minimum absolute atomic E-state index is 0.418. The van der Waals surface area contributed by atoms with Crippen LogP contribution in [0.25, 0.3) is 32.7 Å². The Kier molecular flexibility index (Phi) is 3.49. The summed E-state index contributed by atoms with van der Waals surface area (Å²) >= 11 is 6.42. The molecule has 5 heteroatoms. The number of hydrogen-bond acceptors (Lipinski definition) is 3. The van der Waals surface area contributed by atoms with Crippen molar-refractivity contribution in [3.05, 3.63) is 53.6 Å². The molecular weight excluding hydrogens is 359 g/mol. The first-order valence-electron chi connectivity index (χ1n) is 9.16. The van der Waals surface area contributed by atoms with E-state index in [1.165, 1.54) is 0 Å². The van der Waals surface area contributed by atoms with Crippen LogP contribution < -0.4 is 5.46 Å². The van der Waals surface area contributed by atoms with Gasteiger partial charge < -0.3 is 13.7 Å². The van der Waals surface area contributed by atoms with Crippen molar-refractivity contribution >= 4 is 56.9 Å². The van der Waals surface area contributed by atoms with Gasteiger partial charge in [0, 0.05) is 27.2 Å². The van der Waals surface area contributed by atoms with E-state index in [9.17, 15) is 0 Å². The molecule has 0 aliphatic carbocycles. The van der Waals surface area contributed by atoms with Crippen molar-refractivity contribution < 1.29 is 13.7 Å². The summed E-state index contributed by atoms with van der Waals surface area (Å²) in [5.41, 5.74) is 1.68. The molecule has 136 valence electrons. The lowest BCUT2D eigenvalue weighted by atomic mass is 9.76. The normalized spacial score (nSPS) is 18.8. The fraction of sp³-hybridized carbons (Fsp3) is 0.273. The van der Waals surface area contributed by atoms with Crippen LogP contribution in [0.3, 0.4) is 0 Å². The Hall–Kier alpha value is -2.01. The lowest BCUT2D eigenvalue weighted by Crippen LogP contribution is -2.41. The third-order valence-electron chi connectivity index (χ3n) is 5.97. The highest BCUT2D eigenvalue weighted by molar-refractivity contribution is 6.66. The summed E-state index contributed by atoms with van der Waals surface area (Å²) in [6.45, 7) is 8.21. The van der Waals surface area contributed by atoms with Gasteiger partial charge in [-0.25, -0.2) is 0 Å². The third-order valence-corrected chi connectivity index (χ3v) is 6.18. The van der Waals surface area contributed by atoms with Crippen molar-refractivity contribution in [3.8, 4) is 0 Å². The first-order valence-corrected chi connectivity index (χ1v) is 9.54. The molecule has 0 radical (unpaired) electrons. The molecule has 27 heavy (non-hydrogen) atoms. The molecule has 1 aliphatic rings. The lowest BCUT2D eigenvalue weighted by molar-refractivity contribution is 0.00578. The van der Waals surface area contributed by atoms with Gasteiger partial charge in [-0.3, -0.25) is 0 Å². The van der Waals surface area contributed by atoms with E-state index in [2.05, 4.69) is 52.0 Å². The largest absolute Gasteiger partial charge is 0.495 e. The SMILES string of the molecule is CC1(C)OB(c2cc(Cl)cc3oc4c5ccccc5ccc4c23)OC1(C)C. The molecule has 3 aromatic carbocycles. The zero-order valence-corrected chi connectivity index (χ0v) is 16.6. The van der Waals surface area contributed by atoms with Gasteiger partial charge in [-0.2, -0.15) is 0 Å². The van der Waals surface area contributed by atoms with Crippen LogP contribution in [-0.4, -0.2) is 18.3 Å². The average molecular weight is 379 g/mol. The summed E-state index contributed by atoms with van der Waals surface area (Å²) in [5, 5.41) is 4.88. The van der Waals surface area contributed by atoms with Gasteiger partial charge in [-0.15, -0.1) is 0 Å². The fourth-order valence-corrected chi connectivity index (χ4v) is 4.00. The molecule has 0 N–H and O–H groups in total. The molecule has 1 aliphatic heterocycles. The average Bonchev–Trinajstić information content (AvgIpc) is 3.08. The van der Waals surface area contributed by atoms with Crippen molar-refractivity contribution in [2.24, 2.45) is 0 Å². The summed E-state index contributed by atoms with van der Waals surface area (Å²) in [6, 6.07) is 16.2. The Bertz CT molecular complexity index is 1190. The summed E-state index contributed by atoms with van der Waals surface area (Å²) in [5.74, 6) is 0. The smallest absolute Gasteiger partial charge is 0.455 e. The monoisotopic (exact) mass is 378 g/mol. The van der Waals surface area contributed by atoms with E-state index >= 15 is 0 Å². The predicted octanol–water partition coefficient (Wildman–Crippen LogP) is 5.69. The molecule has 0 bridgehead atoms. The molecule has 5 rings (SSSR count). The second-order valence-electron chi connectivity index (χ2n) is 8.22. The number of rotatable bonds is 1. The quantitative estimate of drug-likeness (QED) is 0.399. The van der Waals surface area contributed by atoms with E-state index in [1.54, 1.807) is 0 Å². The van der Waals surface area contributed by atoms with Gasteiger partial charge in [0.25, 0.3) is 0 Å². The summed E-state index contributed by atoms with van der Waals surface area (Å²) < 4.78 is 18.8. The van der Waals surface area contributed by atoms with E-state index in [-0.39, 0.29) is 0 Å². The standard InChI is InChI=1S/C22H20BClO3/c1-21(2)22(3,4)27-23(26-21)17-11-14(24)12-18-19(17)16-10-9-13-7-5-6-8-15(13)20(16)25-18/h5-12H,1-4H3. The van der Waals surface area contributed by atoms with E-state index in [1.807, 2.05) is 24.3 Å². The molecule has 0 saturated carbocycles. The Morgan fingerprint density at radius 1 is 0.852 bits per heavy atom. The highest BCUT2D eigenvalue weighted by Crippen LogP contribution is 2.39. The van der Waals surface area contributed by atoms with Crippen LogP contribution in [0.2, 0.25) is 5.02 Å². The Balaban J connectivity index is 1.82. The molecule has 4 aromatic rings. The zero-order chi connectivity index (χ0) is 19.0. The summed E-state index contributed by atoms with van der Waals surface area (Å²) in [4.78, 5) is 0. The first-order chi connectivity index (χ1) is 12.8. The van der Waals surface area contributed by atoms with Gasteiger partial charge in [0.2, 0.25) is 0 Å². The molecular formula is C22H20BClO3. The van der Waals surface area contributed by atoms with Crippen LogP contribution in [0.5, 0.6) is 0 Å². The van der Waals surface area contributed by atoms with Crippen LogP contribution in [0.4, 0.5) is 0 Å². The molecule has 1 saturated heterocycles. The summed E-state index contributed by atoms with van der Waals surface area (Å²) in [6.07, 6.45) is 0. The van der Waals surface area contributed by atoms with Crippen LogP contribution in [0, 0.1) is 0 Å². The van der Waals surface area contributed by atoms with Crippen molar-refractivity contribution in [2.45, 2.75) is 38.9 Å². The van der Waals surface area contributed by atoms with Crippen LogP contribution >= 0.6 is 11.6 Å². The van der Waals surface area contributed by atoms with E-state index in [4.69, 9.17) is 25.3 Å². The van der Waals surface area contributed by atoms with Gasteiger partial charge in [0.1, 0.15) is 11.2 Å². The third kappa shape index (κ3) is 2.44. The van der Waals surface area contributed by atoms with Crippen LogP contribution in [0.1, 0.15) is 27.7 Å². The van der Waals surface area contributed by atoms with Crippen LogP contribution in [0.15, 0.2) is 52.9 Å². The first kappa shape index (κ1) is 17.1. The molecule has 0 spiro atoms. The number of halogens is 1. The Morgan fingerprint density at radius 2 is 1.56 bits per heavy atom. The van der Waals surface area contributed by atoms with Gasteiger partial charge >= 0.3 is 7.12 Å². The van der Waals surface area contributed by atoms with Gasteiger partial charge in [0.15, 0.2) is 0 Å². The maximum Gasteiger partial charge on any atom is 0.495 e. The predicted molar refractivity (Wildman–Crippen MR) is 112 cm³/mol. The topological polar surface area (TPSA) is 31.6 Å². The maximum absolute atomic E-state index is 6.42. The number of hydrogen-bond donors (Lipinski definition) is 0. The minimum atomic E-state index is -0.497. The van der Waals surface area contributed by atoms with E-state index < -0.39 is 18.3 Å². The van der Waals surface area contributed by atoms with Gasteiger partial charge in [-0.1, -0.05) is 41.9 Å². The Labute approximate surface area is 163 Å². The van der Waals surface area contributed by atoms with Gasteiger partial charge in [0.05, 0.1) is 11.2 Å². The molecule has 3 nitrogen and oxygen atoms in total. The highest BCUT2D eigenvalue weighted by Gasteiger charge is 2.52. The van der Waals surface area contributed by atoms with Crippen molar-refractivity contribution in [2.75, 3.05) is 0 Å². The molecule has 1 fully saturated rings. The van der Waals surface area contributed by atoms with Gasteiger partial charge in [-0.05, 0) is 50.7 Å². The van der Waals surface area contributed by atoms with Crippen LogP contribution in [-0.2, 0) is 9.31 Å². The molecule has 1 aromatic heterocycles. The zero-order valence-electron chi connectivity index (χ0n) is 15.8. The van der Waals surface area contributed by atoms with E-state index in [0.717, 1.165) is 38.2 Å². The van der Waals surface area contributed by atoms with E-state index in [0.29, 0.717) is 5.02 Å². The van der Waals surface area contributed by atoms with Crippen molar-refractivity contribution in [1.29, 1.82) is 0 Å². The molecule has 0 atom stereocenters. The number of benzene rings is 3. The van der Waals surface area contributed by atoms with Crippen molar-refractivity contribution in [3.63, 3.8) is 0 Å². The molecule has 0 amide bonds. The second kappa shape index (κ2) is 5.51. The molecule has 2 heterocycles. The lowest BCUT2D eigenvalue weighted by Gasteiger charge is -2.32.